The normalized spacial score (nSPS) is 10.9. The van der Waals surface area contributed by atoms with Gasteiger partial charge in [0, 0.05) is 16.6 Å². The van der Waals surface area contributed by atoms with Crippen LogP contribution in [0, 0.1) is 0 Å². The van der Waals surface area contributed by atoms with Gasteiger partial charge in [-0.1, -0.05) is 41.0 Å². The molecule has 0 aliphatic rings. The second kappa shape index (κ2) is 6.74. The van der Waals surface area contributed by atoms with Gasteiger partial charge in [-0.05, 0) is 24.0 Å². The van der Waals surface area contributed by atoms with E-state index in [-0.39, 0.29) is 5.56 Å². The highest BCUT2D eigenvalue weighted by molar-refractivity contribution is 7.98. The summed E-state index contributed by atoms with van der Waals surface area (Å²) in [7, 11) is 0. The first kappa shape index (κ1) is 16.0. The molecule has 3 rings (SSSR count). The molecule has 0 aliphatic heterocycles. The van der Waals surface area contributed by atoms with Crippen LogP contribution in [0.1, 0.15) is 5.56 Å². The molecule has 2 N–H and O–H groups in total. The summed E-state index contributed by atoms with van der Waals surface area (Å²) in [6.07, 6.45) is 3.18. The molecule has 0 radical (unpaired) electrons. The van der Waals surface area contributed by atoms with Gasteiger partial charge in [-0.2, -0.15) is 0 Å². The number of anilines is 1. The Hall–Kier alpha value is -1.83. The number of fused-ring (bicyclic) bond motifs is 1. The van der Waals surface area contributed by atoms with Crippen LogP contribution in [0.3, 0.4) is 0 Å². The highest BCUT2D eigenvalue weighted by Gasteiger charge is 2.12. The zero-order chi connectivity index (χ0) is 16.4. The maximum absolute atomic E-state index is 12.1. The van der Waals surface area contributed by atoms with Gasteiger partial charge in [0.05, 0.1) is 6.33 Å². The molecule has 1 aromatic carbocycles. The molecule has 0 saturated carbocycles. The molecule has 3 aromatic rings. The van der Waals surface area contributed by atoms with E-state index in [2.05, 4.69) is 25.3 Å². The summed E-state index contributed by atoms with van der Waals surface area (Å²) in [4.78, 5) is 27.3. The molecule has 23 heavy (non-hydrogen) atoms. The average Bonchev–Trinajstić information content (AvgIpc) is 2.53. The number of nitrogens with zero attached hydrogens (tertiary/aromatic N) is 3. The monoisotopic (exact) mass is 367 g/mol. The SMILES string of the molecule is CSc1nc(NCc2ccc(Cl)cc2Cl)c2c(=O)[nH]cnc2n1. The standard InChI is InChI=1S/C14H11Cl2N5OS/c1-23-14-20-11(10-12(21-14)18-6-19-13(10)22)17-5-7-2-3-8(15)4-9(7)16/h2-4,6H,5H2,1H3,(H2,17,18,19,20,21,22). The molecule has 0 fully saturated rings. The van der Waals surface area contributed by atoms with E-state index >= 15 is 0 Å². The summed E-state index contributed by atoms with van der Waals surface area (Å²) in [5.41, 5.74) is 0.888. The number of nitrogens with one attached hydrogen (secondary N) is 2. The number of thioether (sulfide) groups is 1. The van der Waals surface area contributed by atoms with Gasteiger partial charge in [0.15, 0.2) is 10.8 Å². The van der Waals surface area contributed by atoms with E-state index in [1.165, 1.54) is 18.1 Å². The molecular formula is C14H11Cl2N5OS. The Labute approximate surface area is 145 Å². The molecular weight excluding hydrogens is 357 g/mol. The van der Waals surface area contributed by atoms with Gasteiger partial charge >= 0.3 is 0 Å². The molecule has 0 saturated heterocycles. The smallest absolute Gasteiger partial charge is 0.263 e. The van der Waals surface area contributed by atoms with E-state index in [1.54, 1.807) is 12.1 Å². The van der Waals surface area contributed by atoms with Crippen molar-refractivity contribution in [1.29, 1.82) is 0 Å². The van der Waals surface area contributed by atoms with Crippen molar-refractivity contribution in [2.45, 2.75) is 11.7 Å². The van der Waals surface area contributed by atoms with Gasteiger partial charge in [-0.3, -0.25) is 4.79 Å². The van der Waals surface area contributed by atoms with Crippen molar-refractivity contribution in [2.75, 3.05) is 11.6 Å². The van der Waals surface area contributed by atoms with Gasteiger partial charge < -0.3 is 10.3 Å². The van der Waals surface area contributed by atoms with Crippen LogP contribution in [0.2, 0.25) is 10.0 Å². The number of aromatic amines is 1. The van der Waals surface area contributed by atoms with E-state index in [0.717, 1.165) is 5.56 Å². The number of aromatic nitrogens is 4. The van der Waals surface area contributed by atoms with Crippen LogP contribution in [0.5, 0.6) is 0 Å². The zero-order valence-corrected chi connectivity index (χ0v) is 14.3. The third kappa shape index (κ3) is 3.41. The lowest BCUT2D eigenvalue weighted by molar-refractivity contribution is 0.965. The molecule has 0 bridgehead atoms. The fourth-order valence-corrected chi connectivity index (χ4v) is 2.85. The van der Waals surface area contributed by atoms with Gasteiger partial charge in [-0.15, -0.1) is 0 Å². The average molecular weight is 368 g/mol. The Morgan fingerprint density at radius 2 is 2.13 bits per heavy atom. The summed E-state index contributed by atoms with van der Waals surface area (Å²) >= 11 is 13.4. The van der Waals surface area contributed by atoms with Gasteiger partial charge in [0.1, 0.15) is 11.2 Å². The van der Waals surface area contributed by atoms with Crippen LogP contribution < -0.4 is 10.9 Å². The summed E-state index contributed by atoms with van der Waals surface area (Å²) < 4.78 is 0. The van der Waals surface area contributed by atoms with Crippen molar-refractivity contribution in [3.05, 3.63) is 50.5 Å². The molecule has 2 heterocycles. The van der Waals surface area contributed by atoms with Crippen molar-refractivity contribution < 1.29 is 0 Å². The van der Waals surface area contributed by atoms with Crippen LogP contribution in [0.25, 0.3) is 11.0 Å². The molecule has 0 amide bonds. The quantitative estimate of drug-likeness (QED) is 0.543. The van der Waals surface area contributed by atoms with E-state index < -0.39 is 0 Å². The highest BCUT2D eigenvalue weighted by Crippen LogP contribution is 2.23. The van der Waals surface area contributed by atoms with Gasteiger partial charge in [-0.25, -0.2) is 15.0 Å². The summed E-state index contributed by atoms with van der Waals surface area (Å²) in [6, 6.07) is 5.24. The number of hydrogen-bond donors (Lipinski definition) is 2. The Morgan fingerprint density at radius 3 is 2.87 bits per heavy atom. The van der Waals surface area contributed by atoms with Crippen LogP contribution in [-0.2, 0) is 6.54 Å². The molecule has 2 aromatic heterocycles. The molecule has 9 heteroatoms. The van der Waals surface area contributed by atoms with Gasteiger partial charge in [0.25, 0.3) is 5.56 Å². The maximum atomic E-state index is 12.1. The van der Waals surface area contributed by atoms with Gasteiger partial charge in [0.2, 0.25) is 0 Å². The Balaban J connectivity index is 2.00. The van der Waals surface area contributed by atoms with Crippen molar-refractivity contribution in [3.8, 4) is 0 Å². The summed E-state index contributed by atoms with van der Waals surface area (Å²) in [5, 5.41) is 5.08. The van der Waals surface area contributed by atoms with Crippen molar-refractivity contribution in [1.82, 2.24) is 19.9 Å². The molecule has 0 spiro atoms. The fraction of sp³-hybridized carbons (Fsp3) is 0.143. The lowest BCUT2D eigenvalue weighted by Gasteiger charge is -2.10. The van der Waals surface area contributed by atoms with Crippen molar-refractivity contribution >= 4 is 51.8 Å². The minimum atomic E-state index is -0.299. The molecule has 6 nitrogen and oxygen atoms in total. The Kier molecular flexibility index (Phi) is 4.70. The first-order valence-electron chi connectivity index (χ1n) is 6.55. The summed E-state index contributed by atoms with van der Waals surface area (Å²) in [6.45, 7) is 0.393. The second-order valence-electron chi connectivity index (χ2n) is 4.58. The molecule has 0 aliphatic carbocycles. The lowest BCUT2D eigenvalue weighted by atomic mass is 10.2. The Morgan fingerprint density at radius 1 is 1.30 bits per heavy atom. The van der Waals surface area contributed by atoms with E-state index in [4.69, 9.17) is 23.2 Å². The second-order valence-corrected chi connectivity index (χ2v) is 6.20. The number of hydrogen-bond acceptors (Lipinski definition) is 6. The molecule has 0 atom stereocenters. The van der Waals surface area contributed by atoms with E-state index in [0.29, 0.717) is 38.6 Å². The minimum Gasteiger partial charge on any atom is -0.365 e. The third-order valence-corrected chi connectivity index (χ3v) is 4.26. The molecule has 0 unspecified atom stereocenters. The first-order valence-corrected chi connectivity index (χ1v) is 8.54. The lowest BCUT2D eigenvalue weighted by Crippen LogP contribution is -2.13. The third-order valence-electron chi connectivity index (χ3n) is 3.12. The number of benzene rings is 1. The van der Waals surface area contributed by atoms with Crippen LogP contribution in [0.4, 0.5) is 5.82 Å². The number of H-pyrrole nitrogens is 1. The first-order chi connectivity index (χ1) is 11.1. The van der Waals surface area contributed by atoms with E-state index in [1.807, 2.05) is 12.3 Å². The predicted octanol–water partition coefficient (Wildman–Crippen LogP) is 3.35. The Bertz CT molecular complexity index is 931. The van der Waals surface area contributed by atoms with Crippen LogP contribution >= 0.6 is 35.0 Å². The largest absolute Gasteiger partial charge is 0.365 e. The summed E-state index contributed by atoms with van der Waals surface area (Å²) in [5.74, 6) is 0.416. The topological polar surface area (TPSA) is 83.6 Å². The minimum absolute atomic E-state index is 0.299. The fourth-order valence-electron chi connectivity index (χ4n) is 2.02. The van der Waals surface area contributed by atoms with Crippen LogP contribution in [-0.4, -0.2) is 26.2 Å². The van der Waals surface area contributed by atoms with Crippen LogP contribution in [0.15, 0.2) is 34.5 Å². The predicted molar refractivity (Wildman–Crippen MR) is 93.5 cm³/mol. The van der Waals surface area contributed by atoms with E-state index in [9.17, 15) is 4.79 Å². The zero-order valence-electron chi connectivity index (χ0n) is 11.9. The maximum Gasteiger partial charge on any atom is 0.263 e. The number of halogens is 2. The highest BCUT2D eigenvalue weighted by atomic mass is 35.5. The molecule has 118 valence electrons. The number of rotatable bonds is 4. The van der Waals surface area contributed by atoms with Crippen molar-refractivity contribution in [3.63, 3.8) is 0 Å². The van der Waals surface area contributed by atoms with Crippen molar-refractivity contribution in [2.24, 2.45) is 0 Å².